The minimum absolute atomic E-state index is 0.182. The van der Waals surface area contributed by atoms with Crippen molar-refractivity contribution in [2.75, 3.05) is 18.0 Å². The number of piperazine rings is 1. The second-order valence-electron chi connectivity index (χ2n) is 6.46. The van der Waals surface area contributed by atoms with Crippen molar-refractivity contribution in [3.8, 4) is 0 Å². The van der Waals surface area contributed by atoms with Crippen LogP contribution in [0.15, 0.2) is 18.2 Å². The Balaban J connectivity index is 2.31. The van der Waals surface area contributed by atoms with Gasteiger partial charge >= 0.3 is 0 Å². The fourth-order valence-corrected chi connectivity index (χ4v) is 3.04. The quantitative estimate of drug-likeness (QED) is 0.909. The van der Waals surface area contributed by atoms with Gasteiger partial charge in [-0.2, -0.15) is 0 Å². The molecule has 1 aliphatic rings. The molecule has 1 aliphatic heterocycles. The van der Waals surface area contributed by atoms with Gasteiger partial charge < -0.3 is 10.2 Å². The normalized spacial score (nSPS) is 24.4. The summed E-state index contributed by atoms with van der Waals surface area (Å²) in [5.41, 5.74) is 0.392. The van der Waals surface area contributed by atoms with E-state index in [-0.39, 0.29) is 17.7 Å². The molecule has 0 saturated carbocycles. The highest BCUT2D eigenvalue weighted by Crippen LogP contribution is 2.28. The second-order valence-corrected chi connectivity index (χ2v) is 6.46. The Kier molecular flexibility index (Phi) is 5.20. The number of nitrogens with one attached hydrogen (secondary N) is 1. The smallest absolute Gasteiger partial charge is 0.146 e. The summed E-state index contributed by atoms with van der Waals surface area (Å²) in [5.74, 6) is 0.162. The predicted molar refractivity (Wildman–Crippen MR) is 83.6 cm³/mol. The zero-order chi connectivity index (χ0) is 15.6. The van der Waals surface area contributed by atoms with Crippen LogP contribution in [0.25, 0.3) is 0 Å². The molecular weight excluding hydrogens is 270 g/mol. The number of nitrogens with zero attached hydrogens (tertiary/aromatic N) is 1. The summed E-state index contributed by atoms with van der Waals surface area (Å²) in [7, 11) is 0. The molecule has 1 aromatic carbocycles. The zero-order valence-corrected chi connectivity index (χ0v) is 13.4. The lowest BCUT2D eigenvalue weighted by molar-refractivity contribution is 0.279. The molecule has 0 aliphatic carbocycles. The number of rotatable bonds is 4. The first-order valence-electron chi connectivity index (χ1n) is 7.89. The molecule has 118 valence electrons. The molecule has 1 heterocycles. The van der Waals surface area contributed by atoms with Gasteiger partial charge in [0.25, 0.3) is 0 Å². The van der Waals surface area contributed by atoms with E-state index < -0.39 is 0 Å². The van der Waals surface area contributed by atoms with Gasteiger partial charge in [0.05, 0.1) is 5.69 Å². The Morgan fingerprint density at radius 2 is 2.00 bits per heavy atom. The minimum Gasteiger partial charge on any atom is -0.363 e. The van der Waals surface area contributed by atoms with Crippen LogP contribution in [-0.2, 0) is 0 Å². The van der Waals surface area contributed by atoms with Crippen LogP contribution in [0.2, 0.25) is 0 Å². The van der Waals surface area contributed by atoms with Crippen LogP contribution in [0, 0.1) is 23.5 Å². The third-order valence-electron chi connectivity index (χ3n) is 4.70. The van der Waals surface area contributed by atoms with E-state index in [0.29, 0.717) is 23.6 Å². The van der Waals surface area contributed by atoms with Crippen molar-refractivity contribution in [2.24, 2.45) is 11.8 Å². The van der Waals surface area contributed by atoms with Gasteiger partial charge in [-0.15, -0.1) is 0 Å². The molecule has 1 fully saturated rings. The van der Waals surface area contributed by atoms with Crippen LogP contribution in [-0.4, -0.2) is 25.2 Å². The predicted octanol–water partition coefficient (Wildman–Crippen LogP) is 3.81. The first-order valence-corrected chi connectivity index (χ1v) is 7.89. The third-order valence-corrected chi connectivity index (χ3v) is 4.70. The van der Waals surface area contributed by atoms with Crippen molar-refractivity contribution < 1.29 is 8.78 Å². The average molecular weight is 296 g/mol. The Bertz CT molecular complexity index is 476. The molecule has 2 nitrogen and oxygen atoms in total. The first kappa shape index (κ1) is 16.2. The number of hydrogen-bond acceptors (Lipinski definition) is 2. The van der Waals surface area contributed by atoms with Gasteiger partial charge in [-0.05, 0) is 24.0 Å². The van der Waals surface area contributed by atoms with Crippen molar-refractivity contribution in [2.45, 2.75) is 46.2 Å². The van der Waals surface area contributed by atoms with E-state index in [1.54, 1.807) is 0 Å². The highest BCUT2D eigenvalue weighted by molar-refractivity contribution is 5.50. The summed E-state index contributed by atoms with van der Waals surface area (Å²) >= 11 is 0. The van der Waals surface area contributed by atoms with Crippen LogP contribution in [0.4, 0.5) is 14.5 Å². The van der Waals surface area contributed by atoms with Gasteiger partial charge in [-0.25, -0.2) is 8.78 Å². The monoisotopic (exact) mass is 296 g/mol. The SMILES string of the molecule is CCC(C)C1CN(c2cc(F)ccc2F)C(C(C)C)CN1. The molecule has 1 saturated heterocycles. The molecule has 1 N–H and O–H groups in total. The van der Waals surface area contributed by atoms with E-state index in [1.165, 1.54) is 18.2 Å². The minimum atomic E-state index is -0.382. The van der Waals surface area contributed by atoms with Crippen LogP contribution >= 0.6 is 0 Å². The van der Waals surface area contributed by atoms with E-state index in [0.717, 1.165) is 19.5 Å². The molecule has 0 bridgehead atoms. The summed E-state index contributed by atoms with van der Waals surface area (Å²) in [4.78, 5) is 2.05. The van der Waals surface area contributed by atoms with Crippen molar-refractivity contribution in [1.82, 2.24) is 5.32 Å². The zero-order valence-electron chi connectivity index (χ0n) is 13.4. The van der Waals surface area contributed by atoms with Crippen LogP contribution in [0.1, 0.15) is 34.1 Å². The van der Waals surface area contributed by atoms with Gasteiger partial charge in [-0.1, -0.05) is 34.1 Å². The number of anilines is 1. The number of halogens is 2. The van der Waals surface area contributed by atoms with Gasteiger partial charge in [0.1, 0.15) is 11.6 Å². The lowest BCUT2D eigenvalue weighted by Gasteiger charge is -2.45. The van der Waals surface area contributed by atoms with E-state index in [9.17, 15) is 8.78 Å². The van der Waals surface area contributed by atoms with Gasteiger partial charge in [0.2, 0.25) is 0 Å². The summed E-state index contributed by atoms with van der Waals surface area (Å²) in [6, 6.07) is 4.22. The maximum Gasteiger partial charge on any atom is 0.146 e. The average Bonchev–Trinajstić information content (AvgIpc) is 2.48. The van der Waals surface area contributed by atoms with Crippen molar-refractivity contribution >= 4 is 5.69 Å². The number of benzene rings is 1. The Hall–Kier alpha value is -1.16. The first-order chi connectivity index (χ1) is 9.93. The third kappa shape index (κ3) is 3.54. The summed E-state index contributed by atoms with van der Waals surface area (Å²) < 4.78 is 27.7. The van der Waals surface area contributed by atoms with Gasteiger partial charge in [-0.3, -0.25) is 0 Å². The van der Waals surface area contributed by atoms with Gasteiger partial charge in [0.15, 0.2) is 0 Å². The summed E-state index contributed by atoms with van der Waals surface area (Å²) in [6.07, 6.45) is 1.07. The highest BCUT2D eigenvalue weighted by Gasteiger charge is 2.33. The largest absolute Gasteiger partial charge is 0.363 e. The fourth-order valence-electron chi connectivity index (χ4n) is 3.04. The molecule has 3 unspecified atom stereocenters. The topological polar surface area (TPSA) is 15.3 Å². The van der Waals surface area contributed by atoms with E-state index >= 15 is 0 Å². The standard InChI is InChI=1S/C17H26F2N2/c1-5-12(4)15-10-21(17(9-20-15)11(2)3)16-8-13(18)6-7-14(16)19/h6-8,11-12,15,17,20H,5,9-10H2,1-4H3. The highest BCUT2D eigenvalue weighted by atomic mass is 19.1. The van der Waals surface area contributed by atoms with Crippen LogP contribution < -0.4 is 10.2 Å². The molecular formula is C17H26F2N2. The number of hydrogen-bond donors (Lipinski definition) is 1. The van der Waals surface area contributed by atoms with Crippen molar-refractivity contribution in [3.63, 3.8) is 0 Å². The fraction of sp³-hybridized carbons (Fsp3) is 0.647. The molecule has 4 heteroatoms. The molecule has 0 aromatic heterocycles. The Labute approximate surface area is 126 Å². The second kappa shape index (κ2) is 6.73. The van der Waals surface area contributed by atoms with Gasteiger partial charge in [0, 0.05) is 31.2 Å². The van der Waals surface area contributed by atoms with E-state index in [4.69, 9.17) is 0 Å². The summed E-state index contributed by atoms with van der Waals surface area (Å²) in [6.45, 7) is 10.1. The molecule has 21 heavy (non-hydrogen) atoms. The van der Waals surface area contributed by atoms with Crippen LogP contribution in [0.3, 0.4) is 0 Å². The maximum absolute atomic E-state index is 14.2. The maximum atomic E-state index is 14.2. The lowest BCUT2D eigenvalue weighted by Crippen LogP contribution is -2.60. The summed E-state index contributed by atoms with van der Waals surface area (Å²) in [5, 5.41) is 3.58. The van der Waals surface area contributed by atoms with Crippen LogP contribution in [0.5, 0.6) is 0 Å². The Morgan fingerprint density at radius 3 is 2.62 bits per heavy atom. The molecule has 1 aromatic rings. The van der Waals surface area contributed by atoms with E-state index in [1.807, 2.05) is 0 Å². The van der Waals surface area contributed by atoms with E-state index in [2.05, 4.69) is 37.9 Å². The molecule has 0 spiro atoms. The Morgan fingerprint density at radius 1 is 1.29 bits per heavy atom. The van der Waals surface area contributed by atoms with Crippen molar-refractivity contribution in [3.05, 3.63) is 29.8 Å². The lowest BCUT2D eigenvalue weighted by atomic mass is 9.91. The van der Waals surface area contributed by atoms with Crippen molar-refractivity contribution in [1.29, 1.82) is 0 Å². The molecule has 0 radical (unpaired) electrons. The molecule has 0 amide bonds. The molecule has 3 atom stereocenters. The molecule has 2 rings (SSSR count).